The van der Waals surface area contributed by atoms with Crippen LogP contribution in [-0.4, -0.2) is 23.8 Å². The minimum atomic E-state index is -0.322. The number of carbonyl (C=O) groups excluding carboxylic acids is 1. The molecule has 0 aliphatic heterocycles. The van der Waals surface area contributed by atoms with Gasteiger partial charge in [0, 0.05) is 6.42 Å². The molecule has 0 heterocycles. The van der Waals surface area contributed by atoms with Crippen molar-refractivity contribution in [2.75, 3.05) is 6.61 Å². The largest absolute Gasteiger partial charge is 0.460 e. The van der Waals surface area contributed by atoms with Crippen molar-refractivity contribution in [2.45, 2.75) is 90.6 Å². The number of hydrogen-bond donors (Lipinski definition) is 1. The zero-order chi connectivity index (χ0) is 15.8. The predicted molar refractivity (Wildman–Crippen MR) is 88.2 cm³/mol. The second-order valence-corrected chi connectivity index (χ2v) is 5.62. The summed E-state index contributed by atoms with van der Waals surface area (Å²) in [5.41, 5.74) is 0. The summed E-state index contributed by atoms with van der Waals surface area (Å²) in [4.78, 5) is 11.5. The molecule has 0 aromatic carbocycles. The Morgan fingerprint density at radius 3 is 2.24 bits per heavy atom. The molecule has 0 amide bonds. The van der Waals surface area contributed by atoms with Crippen LogP contribution in [0.1, 0.15) is 84.5 Å². The van der Waals surface area contributed by atoms with Crippen molar-refractivity contribution in [3.63, 3.8) is 0 Å². The van der Waals surface area contributed by atoms with E-state index in [4.69, 9.17) is 9.84 Å². The quantitative estimate of drug-likeness (QED) is 0.285. The van der Waals surface area contributed by atoms with Gasteiger partial charge in [-0.15, -0.1) is 0 Å². The molecule has 21 heavy (non-hydrogen) atoms. The van der Waals surface area contributed by atoms with E-state index in [0.29, 0.717) is 12.8 Å². The zero-order valence-corrected chi connectivity index (χ0v) is 14.0. The lowest BCUT2D eigenvalue weighted by atomic mass is 10.1. The fraction of sp³-hybridized carbons (Fsp3) is 0.833. The molecule has 0 aromatic rings. The molecule has 0 bridgehead atoms. The van der Waals surface area contributed by atoms with Gasteiger partial charge in [-0.25, -0.2) is 0 Å². The summed E-state index contributed by atoms with van der Waals surface area (Å²) in [6.07, 6.45) is 16.0. The molecule has 3 nitrogen and oxygen atoms in total. The summed E-state index contributed by atoms with van der Waals surface area (Å²) < 4.78 is 5.14. The maximum atomic E-state index is 11.5. The maximum absolute atomic E-state index is 11.5. The number of carbonyl (C=O) groups is 1. The molecule has 0 radical (unpaired) electrons. The normalized spacial score (nSPS) is 12.7. The Bertz CT molecular complexity index is 257. The average molecular weight is 298 g/mol. The van der Waals surface area contributed by atoms with Crippen LogP contribution >= 0.6 is 0 Å². The summed E-state index contributed by atoms with van der Waals surface area (Å²) in [6, 6.07) is 0. The fourth-order valence-corrected chi connectivity index (χ4v) is 2.11. The lowest BCUT2D eigenvalue weighted by molar-refractivity contribution is -0.151. The third kappa shape index (κ3) is 13.9. The van der Waals surface area contributed by atoms with Gasteiger partial charge in [-0.3, -0.25) is 4.79 Å². The van der Waals surface area contributed by atoms with Crippen LogP contribution in [0.3, 0.4) is 0 Å². The molecule has 1 unspecified atom stereocenters. The van der Waals surface area contributed by atoms with Crippen molar-refractivity contribution in [1.82, 2.24) is 0 Å². The minimum absolute atomic E-state index is 0.0754. The highest BCUT2D eigenvalue weighted by atomic mass is 16.5. The average Bonchev–Trinajstić information content (AvgIpc) is 2.50. The van der Waals surface area contributed by atoms with Crippen LogP contribution in [0.2, 0.25) is 0 Å². The van der Waals surface area contributed by atoms with E-state index in [1.807, 2.05) is 6.92 Å². The first-order valence-electron chi connectivity index (χ1n) is 8.69. The van der Waals surface area contributed by atoms with E-state index in [9.17, 15) is 4.79 Å². The van der Waals surface area contributed by atoms with Gasteiger partial charge in [-0.05, 0) is 32.1 Å². The molecular formula is C18H34O3. The van der Waals surface area contributed by atoms with Crippen LogP contribution in [-0.2, 0) is 9.53 Å². The van der Waals surface area contributed by atoms with Crippen molar-refractivity contribution in [3.05, 3.63) is 12.2 Å². The monoisotopic (exact) mass is 298 g/mol. The second kappa shape index (κ2) is 15.6. The van der Waals surface area contributed by atoms with E-state index < -0.39 is 0 Å². The fourth-order valence-electron chi connectivity index (χ4n) is 2.11. The Morgan fingerprint density at radius 1 is 1.00 bits per heavy atom. The molecule has 0 spiro atoms. The summed E-state index contributed by atoms with van der Waals surface area (Å²) in [5.74, 6) is -0.172. The van der Waals surface area contributed by atoms with Crippen LogP contribution in [0, 0.1) is 0 Å². The molecular weight excluding hydrogens is 264 g/mol. The van der Waals surface area contributed by atoms with Crippen LogP contribution in [0.4, 0.5) is 0 Å². The number of unbranched alkanes of at least 4 members (excludes halogenated alkanes) is 7. The molecule has 0 saturated heterocycles. The summed E-state index contributed by atoms with van der Waals surface area (Å²) in [6.45, 7) is 4.05. The Balaban J connectivity index is 3.32. The zero-order valence-electron chi connectivity index (χ0n) is 14.0. The first-order chi connectivity index (χ1) is 10.2. The molecule has 1 atom stereocenters. The Hall–Kier alpha value is -0.830. The summed E-state index contributed by atoms with van der Waals surface area (Å²) >= 11 is 0. The van der Waals surface area contributed by atoms with Gasteiger partial charge in [0.15, 0.2) is 0 Å². The number of aliphatic hydroxyl groups excluding tert-OH is 1. The molecule has 124 valence electrons. The van der Waals surface area contributed by atoms with E-state index >= 15 is 0 Å². The van der Waals surface area contributed by atoms with Gasteiger partial charge >= 0.3 is 5.97 Å². The maximum Gasteiger partial charge on any atom is 0.306 e. The van der Waals surface area contributed by atoms with E-state index in [0.717, 1.165) is 12.8 Å². The molecule has 3 heteroatoms. The minimum Gasteiger partial charge on any atom is -0.460 e. The van der Waals surface area contributed by atoms with Crippen molar-refractivity contribution in [1.29, 1.82) is 0 Å². The number of rotatable bonds is 14. The highest BCUT2D eigenvalue weighted by Gasteiger charge is 2.10. The molecule has 0 aromatic heterocycles. The van der Waals surface area contributed by atoms with Gasteiger partial charge in [-0.2, -0.15) is 0 Å². The van der Waals surface area contributed by atoms with E-state index in [1.54, 1.807) is 0 Å². The van der Waals surface area contributed by atoms with E-state index in [-0.39, 0.29) is 18.7 Å². The Kier molecular flexibility index (Phi) is 14.9. The lowest BCUT2D eigenvalue weighted by Gasteiger charge is -2.12. The van der Waals surface area contributed by atoms with Gasteiger partial charge in [0.2, 0.25) is 0 Å². The summed E-state index contributed by atoms with van der Waals surface area (Å²) in [7, 11) is 0. The highest BCUT2D eigenvalue weighted by Crippen LogP contribution is 2.09. The number of allylic oxidation sites excluding steroid dienone is 2. The Labute approximate surface area is 130 Å². The molecule has 0 aliphatic carbocycles. The second-order valence-electron chi connectivity index (χ2n) is 5.62. The van der Waals surface area contributed by atoms with E-state index in [1.165, 1.54) is 44.9 Å². The summed E-state index contributed by atoms with van der Waals surface area (Å²) in [5, 5.41) is 8.95. The molecule has 0 saturated carbocycles. The third-order valence-electron chi connectivity index (χ3n) is 3.60. The smallest absolute Gasteiger partial charge is 0.306 e. The van der Waals surface area contributed by atoms with Crippen LogP contribution in [0.5, 0.6) is 0 Å². The van der Waals surface area contributed by atoms with Gasteiger partial charge in [0.25, 0.3) is 0 Å². The van der Waals surface area contributed by atoms with Gasteiger partial charge in [-0.1, -0.05) is 58.1 Å². The van der Waals surface area contributed by atoms with Gasteiger partial charge < -0.3 is 9.84 Å². The van der Waals surface area contributed by atoms with Crippen molar-refractivity contribution < 1.29 is 14.6 Å². The molecule has 0 rings (SSSR count). The van der Waals surface area contributed by atoms with Gasteiger partial charge in [0.1, 0.15) is 6.10 Å². The van der Waals surface area contributed by atoms with E-state index in [2.05, 4.69) is 19.1 Å². The topological polar surface area (TPSA) is 46.5 Å². The van der Waals surface area contributed by atoms with Crippen molar-refractivity contribution in [2.24, 2.45) is 0 Å². The molecule has 0 aliphatic rings. The van der Waals surface area contributed by atoms with Gasteiger partial charge in [0.05, 0.1) is 6.61 Å². The highest BCUT2D eigenvalue weighted by molar-refractivity contribution is 5.69. The first kappa shape index (κ1) is 20.2. The third-order valence-corrected chi connectivity index (χ3v) is 3.60. The van der Waals surface area contributed by atoms with Crippen LogP contribution in [0.15, 0.2) is 12.2 Å². The standard InChI is InChI=1S/C18H34O3/c1-3-5-6-7-8-9-10-11-12-13-14-15-18(20)21-17(4-2)16-19/h7-8,17,19H,3-6,9-16H2,1-2H3/b8-7-. The number of esters is 1. The van der Waals surface area contributed by atoms with Crippen molar-refractivity contribution in [3.8, 4) is 0 Å². The van der Waals surface area contributed by atoms with Crippen LogP contribution < -0.4 is 0 Å². The predicted octanol–water partition coefficient (Wildman–Crippen LogP) is 4.78. The van der Waals surface area contributed by atoms with Crippen LogP contribution in [0.25, 0.3) is 0 Å². The lowest BCUT2D eigenvalue weighted by Crippen LogP contribution is -2.20. The SMILES string of the molecule is CCCC/C=C\CCCCCCCC(=O)OC(CC)CO. The molecule has 1 N–H and O–H groups in total. The number of hydrogen-bond acceptors (Lipinski definition) is 3. The number of aliphatic hydroxyl groups is 1. The first-order valence-corrected chi connectivity index (χ1v) is 8.69. The Morgan fingerprint density at radius 2 is 1.62 bits per heavy atom. The number of ether oxygens (including phenoxy) is 1. The molecule has 0 fully saturated rings. The van der Waals surface area contributed by atoms with Crippen molar-refractivity contribution >= 4 is 5.97 Å².